The fourth-order valence-electron chi connectivity index (χ4n) is 4.11. The number of thiophene rings is 2. The summed E-state index contributed by atoms with van der Waals surface area (Å²) >= 11 is 5.04. The number of nitrogens with zero attached hydrogens (tertiary/aromatic N) is 3. The SMILES string of the molecule is COCCn1c(SCC(=O)N2CCc3sccc3[C@H]2c2cccs2)nc2ccccc21. The molecule has 31 heavy (non-hydrogen) atoms. The molecule has 1 aliphatic rings. The van der Waals surface area contributed by atoms with Crippen LogP contribution in [0.4, 0.5) is 0 Å². The van der Waals surface area contributed by atoms with E-state index in [2.05, 4.69) is 44.5 Å². The van der Waals surface area contributed by atoms with E-state index in [0.29, 0.717) is 18.9 Å². The lowest BCUT2D eigenvalue weighted by atomic mass is 9.98. The monoisotopic (exact) mass is 469 g/mol. The van der Waals surface area contributed by atoms with Crippen LogP contribution in [-0.2, 0) is 22.5 Å². The fourth-order valence-corrected chi connectivity index (χ4v) is 6.80. The molecule has 0 radical (unpaired) electrons. The van der Waals surface area contributed by atoms with Crippen LogP contribution in [0.1, 0.15) is 21.4 Å². The second-order valence-corrected chi connectivity index (χ2v) is 10.3. The van der Waals surface area contributed by atoms with Gasteiger partial charge in [-0.25, -0.2) is 4.98 Å². The van der Waals surface area contributed by atoms with Gasteiger partial charge in [-0.2, -0.15) is 0 Å². The van der Waals surface area contributed by atoms with Crippen molar-refractivity contribution in [3.05, 3.63) is 68.5 Å². The Morgan fingerprint density at radius 2 is 2.10 bits per heavy atom. The molecule has 5 rings (SSSR count). The van der Waals surface area contributed by atoms with Crippen LogP contribution in [-0.4, -0.2) is 46.4 Å². The van der Waals surface area contributed by atoms with E-state index in [1.54, 1.807) is 29.8 Å². The first kappa shape index (κ1) is 20.8. The van der Waals surface area contributed by atoms with E-state index < -0.39 is 0 Å². The van der Waals surface area contributed by atoms with E-state index >= 15 is 0 Å². The predicted octanol–water partition coefficient (Wildman–Crippen LogP) is 5.07. The molecule has 160 valence electrons. The highest BCUT2D eigenvalue weighted by Crippen LogP contribution is 2.40. The van der Waals surface area contributed by atoms with Crippen molar-refractivity contribution in [2.45, 2.75) is 24.2 Å². The summed E-state index contributed by atoms with van der Waals surface area (Å²) in [6.07, 6.45) is 0.928. The average molecular weight is 470 g/mol. The number of imidazole rings is 1. The van der Waals surface area contributed by atoms with Gasteiger partial charge in [-0.3, -0.25) is 4.79 Å². The minimum Gasteiger partial charge on any atom is -0.383 e. The second kappa shape index (κ2) is 9.16. The largest absolute Gasteiger partial charge is 0.383 e. The van der Waals surface area contributed by atoms with Gasteiger partial charge in [0.1, 0.15) is 0 Å². The van der Waals surface area contributed by atoms with Crippen molar-refractivity contribution in [3.8, 4) is 0 Å². The van der Waals surface area contributed by atoms with E-state index in [-0.39, 0.29) is 11.9 Å². The smallest absolute Gasteiger partial charge is 0.233 e. The van der Waals surface area contributed by atoms with Crippen LogP contribution in [0.2, 0.25) is 0 Å². The Balaban J connectivity index is 1.38. The minimum absolute atomic E-state index is 0.0235. The fraction of sp³-hybridized carbons (Fsp3) is 0.304. The van der Waals surface area contributed by atoms with Crippen LogP contribution in [0.15, 0.2) is 58.4 Å². The Kier molecular flexibility index (Phi) is 6.13. The summed E-state index contributed by atoms with van der Waals surface area (Å²) in [5.74, 6) is 0.531. The van der Waals surface area contributed by atoms with Crippen LogP contribution >= 0.6 is 34.4 Å². The molecule has 1 atom stereocenters. The number of benzene rings is 1. The van der Waals surface area contributed by atoms with Gasteiger partial charge in [-0.05, 0) is 47.0 Å². The summed E-state index contributed by atoms with van der Waals surface area (Å²) < 4.78 is 7.44. The number of carbonyl (C=O) groups excluding carboxylic acids is 1. The molecular weight excluding hydrogens is 446 g/mol. The third kappa shape index (κ3) is 4.05. The van der Waals surface area contributed by atoms with Gasteiger partial charge in [-0.1, -0.05) is 30.0 Å². The number of thioether (sulfide) groups is 1. The molecule has 0 aliphatic carbocycles. The molecule has 0 fully saturated rings. The van der Waals surface area contributed by atoms with Gasteiger partial charge < -0.3 is 14.2 Å². The summed E-state index contributed by atoms with van der Waals surface area (Å²) in [4.78, 5) is 22.9. The van der Waals surface area contributed by atoms with Crippen LogP contribution in [0, 0.1) is 0 Å². The molecule has 1 amide bonds. The van der Waals surface area contributed by atoms with Crippen molar-refractivity contribution < 1.29 is 9.53 Å². The van der Waals surface area contributed by atoms with Crippen molar-refractivity contribution in [1.82, 2.24) is 14.5 Å². The number of methoxy groups -OCH3 is 1. The van der Waals surface area contributed by atoms with Crippen LogP contribution in [0.3, 0.4) is 0 Å². The minimum atomic E-state index is 0.0235. The maximum atomic E-state index is 13.4. The number of rotatable bonds is 7. The first-order chi connectivity index (χ1) is 15.3. The average Bonchev–Trinajstić information content (AvgIpc) is 3.55. The van der Waals surface area contributed by atoms with Gasteiger partial charge in [0.2, 0.25) is 5.91 Å². The Morgan fingerprint density at radius 1 is 1.19 bits per heavy atom. The first-order valence-corrected chi connectivity index (χ1v) is 13.0. The van der Waals surface area contributed by atoms with E-state index in [1.165, 1.54) is 27.1 Å². The summed E-state index contributed by atoms with van der Waals surface area (Å²) in [5.41, 5.74) is 3.31. The number of fused-ring (bicyclic) bond motifs is 2. The van der Waals surface area contributed by atoms with E-state index in [1.807, 2.05) is 18.2 Å². The Morgan fingerprint density at radius 3 is 2.94 bits per heavy atom. The Bertz CT molecular complexity index is 1180. The van der Waals surface area contributed by atoms with Gasteiger partial charge in [0.15, 0.2) is 5.16 Å². The third-order valence-electron chi connectivity index (χ3n) is 5.56. The molecule has 0 saturated carbocycles. The molecule has 0 N–H and O–H groups in total. The highest BCUT2D eigenvalue weighted by Gasteiger charge is 2.33. The van der Waals surface area contributed by atoms with Gasteiger partial charge in [0.05, 0.1) is 29.4 Å². The molecule has 4 heterocycles. The van der Waals surface area contributed by atoms with Crippen molar-refractivity contribution >= 4 is 51.4 Å². The lowest BCUT2D eigenvalue weighted by molar-refractivity contribution is -0.130. The van der Waals surface area contributed by atoms with Gasteiger partial charge >= 0.3 is 0 Å². The highest BCUT2D eigenvalue weighted by molar-refractivity contribution is 7.99. The second-order valence-electron chi connectivity index (χ2n) is 7.37. The zero-order valence-electron chi connectivity index (χ0n) is 17.2. The predicted molar refractivity (Wildman–Crippen MR) is 128 cm³/mol. The standard InChI is InChI=1S/C23H23N3O2S3/c1-28-12-11-25-18-6-3-2-5-17(18)24-23(25)31-15-21(27)26-10-8-19-16(9-14-30-19)22(26)20-7-4-13-29-20/h2-7,9,13-14,22H,8,10-12,15H2,1H3/t22-/m0/s1. The number of carbonyl (C=O) groups is 1. The van der Waals surface area contributed by atoms with Crippen LogP contribution in [0.5, 0.6) is 0 Å². The van der Waals surface area contributed by atoms with Crippen molar-refractivity contribution in [2.24, 2.45) is 0 Å². The molecule has 0 unspecified atom stereocenters. The number of ether oxygens (including phenoxy) is 1. The van der Waals surface area contributed by atoms with Crippen molar-refractivity contribution in [3.63, 3.8) is 0 Å². The number of aromatic nitrogens is 2. The molecule has 0 bridgehead atoms. The quantitative estimate of drug-likeness (QED) is 0.355. The van der Waals surface area contributed by atoms with E-state index in [4.69, 9.17) is 9.72 Å². The summed E-state index contributed by atoms with van der Waals surface area (Å²) in [6, 6.07) is 14.5. The van der Waals surface area contributed by atoms with E-state index in [9.17, 15) is 4.79 Å². The van der Waals surface area contributed by atoms with Gasteiger partial charge in [-0.15, -0.1) is 22.7 Å². The third-order valence-corrected chi connectivity index (χ3v) is 8.44. The lowest BCUT2D eigenvalue weighted by Gasteiger charge is -2.35. The van der Waals surface area contributed by atoms with Gasteiger partial charge in [0.25, 0.3) is 0 Å². The number of para-hydroxylation sites is 2. The highest BCUT2D eigenvalue weighted by atomic mass is 32.2. The molecular formula is C23H23N3O2S3. The molecule has 4 aromatic rings. The van der Waals surface area contributed by atoms with Crippen LogP contribution < -0.4 is 0 Å². The number of hydrogen-bond donors (Lipinski definition) is 0. The van der Waals surface area contributed by atoms with Gasteiger partial charge in [0, 0.05) is 30.0 Å². The lowest BCUT2D eigenvalue weighted by Crippen LogP contribution is -2.40. The molecule has 8 heteroatoms. The molecule has 3 aromatic heterocycles. The topological polar surface area (TPSA) is 47.4 Å². The Hall–Kier alpha value is -2.13. The van der Waals surface area contributed by atoms with E-state index in [0.717, 1.165) is 29.2 Å². The summed E-state index contributed by atoms with van der Waals surface area (Å²) in [6.45, 7) is 2.08. The molecule has 5 nitrogen and oxygen atoms in total. The molecule has 1 aliphatic heterocycles. The van der Waals surface area contributed by atoms with Crippen LogP contribution in [0.25, 0.3) is 11.0 Å². The summed E-state index contributed by atoms with van der Waals surface area (Å²) in [5, 5.41) is 5.10. The molecule has 0 saturated heterocycles. The maximum Gasteiger partial charge on any atom is 0.233 e. The first-order valence-electron chi connectivity index (χ1n) is 10.2. The normalized spacial score (nSPS) is 16.0. The maximum absolute atomic E-state index is 13.4. The Labute approximate surface area is 193 Å². The van der Waals surface area contributed by atoms with Crippen molar-refractivity contribution in [2.75, 3.05) is 26.0 Å². The summed E-state index contributed by atoms with van der Waals surface area (Å²) in [7, 11) is 1.70. The number of amides is 1. The molecule has 0 spiro atoms. The number of hydrogen-bond acceptors (Lipinski definition) is 6. The van der Waals surface area contributed by atoms with Crippen molar-refractivity contribution in [1.29, 1.82) is 0 Å². The zero-order chi connectivity index (χ0) is 21.2. The zero-order valence-corrected chi connectivity index (χ0v) is 19.6. The molecule has 1 aromatic carbocycles.